The lowest BCUT2D eigenvalue weighted by atomic mass is 10.2. The predicted molar refractivity (Wildman–Crippen MR) is 39.7 cm³/mol. The van der Waals surface area contributed by atoms with Gasteiger partial charge in [-0.3, -0.25) is 0 Å². The number of rotatable bonds is 3. The first-order chi connectivity index (χ1) is 4.86. The van der Waals surface area contributed by atoms with Crippen molar-refractivity contribution in [2.24, 2.45) is 0 Å². The quantitative estimate of drug-likeness (QED) is 0.597. The van der Waals surface area contributed by atoms with E-state index < -0.39 is 8.60 Å². The molecule has 1 fully saturated rings. The maximum absolute atomic E-state index is 5.37. The molecule has 4 heteroatoms. The fraction of sp³-hybridized carbons (Fsp3) is 1.00. The van der Waals surface area contributed by atoms with Gasteiger partial charge in [-0.2, -0.15) is 0 Å². The normalized spacial score (nSPS) is 33.0. The summed E-state index contributed by atoms with van der Waals surface area (Å²) in [5, 5.41) is 0. The molecular formula is C6H13O3P. The minimum absolute atomic E-state index is 0.274. The summed E-state index contributed by atoms with van der Waals surface area (Å²) in [6, 6.07) is 0. The Balaban J connectivity index is 2.15. The largest absolute Gasteiger partial charge is 0.332 e. The average molecular weight is 164 g/mol. The predicted octanol–water partition coefficient (Wildman–Crippen LogP) is 2.08. The van der Waals surface area contributed by atoms with Gasteiger partial charge < -0.3 is 13.6 Å². The van der Waals surface area contributed by atoms with Crippen LogP contribution in [0.1, 0.15) is 19.8 Å². The molecule has 0 aromatic carbocycles. The van der Waals surface area contributed by atoms with Crippen molar-refractivity contribution in [2.45, 2.75) is 25.9 Å². The van der Waals surface area contributed by atoms with E-state index in [2.05, 4.69) is 6.92 Å². The molecule has 0 saturated carbocycles. The highest BCUT2D eigenvalue weighted by Gasteiger charge is 2.26. The Hall–Kier alpha value is 0.310. The Kier molecular flexibility index (Phi) is 3.57. The second-order valence-corrected chi connectivity index (χ2v) is 3.50. The Bertz CT molecular complexity index is 99.0. The van der Waals surface area contributed by atoms with Crippen LogP contribution >= 0.6 is 8.60 Å². The molecule has 1 saturated heterocycles. The van der Waals surface area contributed by atoms with Crippen molar-refractivity contribution in [1.29, 1.82) is 0 Å². The van der Waals surface area contributed by atoms with Crippen molar-refractivity contribution in [3.63, 3.8) is 0 Å². The molecule has 0 amide bonds. The maximum Gasteiger partial charge on any atom is 0.332 e. The lowest BCUT2D eigenvalue weighted by Crippen LogP contribution is -2.07. The van der Waals surface area contributed by atoms with Gasteiger partial charge >= 0.3 is 8.60 Å². The van der Waals surface area contributed by atoms with Crippen LogP contribution in [0, 0.1) is 0 Å². The van der Waals surface area contributed by atoms with E-state index in [9.17, 15) is 0 Å². The van der Waals surface area contributed by atoms with Crippen molar-refractivity contribution in [3.8, 4) is 0 Å². The summed E-state index contributed by atoms with van der Waals surface area (Å²) < 4.78 is 15.5. The molecule has 0 N–H and O–H groups in total. The lowest BCUT2D eigenvalue weighted by molar-refractivity contribution is 0.215. The minimum Gasteiger partial charge on any atom is -0.316 e. The first-order valence-electron chi connectivity index (χ1n) is 3.50. The van der Waals surface area contributed by atoms with Crippen molar-refractivity contribution in [2.75, 3.05) is 13.7 Å². The summed E-state index contributed by atoms with van der Waals surface area (Å²) in [5.74, 6) is 0. The molecule has 60 valence electrons. The van der Waals surface area contributed by atoms with E-state index in [-0.39, 0.29) is 6.10 Å². The van der Waals surface area contributed by atoms with Crippen LogP contribution in [0.4, 0.5) is 0 Å². The third-order valence-corrected chi connectivity index (χ3v) is 2.49. The molecule has 1 rings (SSSR count). The van der Waals surface area contributed by atoms with Gasteiger partial charge in [0.1, 0.15) is 0 Å². The molecule has 2 atom stereocenters. The summed E-state index contributed by atoms with van der Waals surface area (Å²) in [4.78, 5) is 0. The van der Waals surface area contributed by atoms with E-state index in [1.807, 2.05) is 0 Å². The van der Waals surface area contributed by atoms with Gasteiger partial charge in [0.2, 0.25) is 0 Å². The van der Waals surface area contributed by atoms with Crippen LogP contribution in [-0.4, -0.2) is 19.8 Å². The standard InChI is InChI=1S/C6H13O3P/c1-3-4-6-5-8-10(7-2)9-6/h6H,3-5H2,1-2H3. The second-order valence-electron chi connectivity index (χ2n) is 2.22. The van der Waals surface area contributed by atoms with E-state index in [0.29, 0.717) is 6.61 Å². The van der Waals surface area contributed by atoms with E-state index in [4.69, 9.17) is 13.6 Å². The van der Waals surface area contributed by atoms with Crippen LogP contribution < -0.4 is 0 Å². The van der Waals surface area contributed by atoms with Gasteiger partial charge in [-0.1, -0.05) is 13.3 Å². The Morgan fingerprint density at radius 2 is 2.50 bits per heavy atom. The van der Waals surface area contributed by atoms with Gasteiger partial charge in [0.25, 0.3) is 0 Å². The van der Waals surface area contributed by atoms with Crippen molar-refractivity contribution in [3.05, 3.63) is 0 Å². The van der Waals surface area contributed by atoms with E-state index in [1.165, 1.54) is 0 Å². The van der Waals surface area contributed by atoms with Crippen LogP contribution in [0.15, 0.2) is 0 Å². The van der Waals surface area contributed by atoms with Crippen LogP contribution in [0.2, 0.25) is 0 Å². The van der Waals surface area contributed by atoms with Gasteiger partial charge in [-0.05, 0) is 6.42 Å². The van der Waals surface area contributed by atoms with Crippen molar-refractivity contribution >= 4 is 8.60 Å². The average Bonchev–Trinajstić information content (AvgIpc) is 2.37. The third kappa shape index (κ3) is 2.17. The monoisotopic (exact) mass is 164 g/mol. The zero-order valence-corrected chi connectivity index (χ0v) is 7.27. The summed E-state index contributed by atoms with van der Waals surface area (Å²) >= 11 is 0. The third-order valence-electron chi connectivity index (χ3n) is 1.36. The molecule has 10 heavy (non-hydrogen) atoms. The zero-order valence-electron chi connectivity index (χ0n) is 6.37. The summed E-state index contributed by atoms with van der Waals surface area (Å²) in [6.07, 6.45) is 2.49. The maximum atomic E-state index is 5.37. The molecular weight excluding hydrogens is 151 g/mol. The van der Waals surface area contributed by atoms with Gasteiger partial charge in [0.05, 0.1) is 12.7 Å². The number of hydrogen-bond donors (Lipinski definition) is 0. The number of hydrogen-bond acceptors (Lipinski definition) is 3. The molecule has 0 aromatic rings. The molecule has 0 bridgehead atoms. The summed E-state index contributed by atoms with van der Waals surface area (Å²) in [7, 11) is 0.617. The lowest BCUT2D eigenvalue weighted by Gasteiger charge is -2.05. The molecule has 0 radical (unpaired) electrons. The smallest absolute Gasteiger partial charge is 0.316 e. The Labute approximate surface area is 62.7 Å². The first-order valence-corrected chi connectivity index (χ1v) is 4.60. The van der Waals surface area contributed by atoms with Crippen LogP contribution in [-0.2, 0) is 13.6 Å². The topological polar surface area (TPSA) is 27.7 Å². The van der Waals surface area contributed by atoms with Gasteiger partial charge in [0.15, 0.2) is 0 Å². The van der Waals surface area contributed by atoms with Crippen LogP contribution in [0.3, 0.4) is 0 Å². The fourth-order valence-corrected chi connectivity index (χ4v) is 1.83. The molecule has 0 spiro atoms. The van der Waals surface area contributed by atoms with Crippen LogP contribution in [0.5, 0.6) is 0 Å². The van der Waals surface area contributed by atoms with E-state index in [0.717, 1.165) is 12.8 Å². The van der Waals surface area contributed by atoms with E-state index >= 15 is 0 Å². The highest BCUT2D eigenvalue weighted by atomic mass is 31.2. The Morgan fingerprint density at radius 1 is 1.70 bits per heavy atom. The molecule has 2 unspecified atom stereocenters. The second kappa shape index (κ2) is 4.24. The van der Waals surface area contributed by atoms with E-state index in [1.54, 1.807) is 7.11 Å². The van der Waals surface area contributed by atoms with Gasteiger partial charge in [-0.25, -0.2) is 0 Å². The first kappa shape index (κ1) is 8.41. The highest BCUT2D eigenvalue weighted by molar-refractivity contribution is 7.41. The van der Waals surface area contributed by atoms with Gasteiger partial charge in [0, 0.05) is 7.11 Å². The van der Waals surface area contributed by atoms with Crippen molar-refractivity contribution < 1.29 is 13.6 Å². The molecule has 1 aliphatic rings. The summed E-state index contributed by atoms with van der Waals surface area (Å²) in [6.45, 7) is 2.84. The van der Waals surface area contributed by atoms with Crippen LogP contribution in [0.25, 0.3) is 0 Å². The zero-order chi connectivity index (χ0) is 7.40. The molecule has 0 aromatic heterocycles. The molecule has 1 aliphatic heterocycles. The highest BCUT2D eigenvalue weighted by Crippen LogP contribution is 2.46. The molecule has 1 heterocycles. The SMILES string of the molecule is CCCC1COP(OC)O1. The summed E-state index contributed by atoms with van der Waals surface area (Å²) in [5.41, 5.74) is 0. The Morgan fingerprint density at radius 3 is 3.00 bits per heavy atom. The minimum atomic E-state index is -0.994. The molecule has 0 aliphatic carbocycles. The molecule has 3 nitrogen and oxygen atoms in total. The van der Waals surface area contributed by atoms with Gasteiger partial charge in [-0.15, -0.1) is 0 Å². The van der Waals surface area contributed by atoms with Crippen molar-refractivity contribution in [1.82, 2.24) is 0 Å². The fourth-order valence-electron chi connectivity index (χ4n) is 0.880.